The van der Waals surface area contributed by atoms with Gasteiger partial charge < -0.3 is 10.1 Å². The summed E-state index contributed by atoms with van der Waals surface area (Å²) in [6.07, 6.45) is 3.10. The van der Waals surface area contributed by atoms with E-state index in [1.165, 1.54) is 0 Å². The second-order valence-corrected chi connectivity index (χ2v) is 4.72. The van der Waals surface area contributed by atoms with Crippen molar-refractivity contribution in [3.05, 3.63) is 34.1 Å². The van der Waals surface area contributed by atoms with Gasteiger partial charge in [-0.05, 0) is 44.3 Å². The van der Waals surface area contributed by atoms with Gasteiger partial charge in [0.05, 0.1) is 11.5 Å². The summed E-state index contributed by atoms with van der Waals surface area (Å²) in [7, 11) is 0. The molecule has 5 nitrogen and oxygen atoms in total. The molecule has 0 saturated carbocycles. The van der Waals surface area contributed by atoms with Crippen molar-refractivity contribution in [2.75, 3.05) is 19.7 Å². The van der Waals surface area contributed by atoms with Gasteiger partial charge in [-0.2, -0.15) is 0 Å². The van der Waals surface area contributed by atoms with E-state index in [1.807, 2.05) is 0 Å². The van der Waals surface area contributed by atoms with Crippen LogP contribution in [0.4, 0.5) is 10.1 Å². The largest absolute Gasteiger partial charge is 0.487 e. The summed E-state index contributed by atoms with van der Waals surface area (Å²) in [6.45, 7) is 2.37. The third-order valence-electron chi connectivity index (χ3n) is 3.30. The molecule has 0 amide bonds. The van der Waals surface area contributed by atoms with Gasteiger partial charge in [0.2, 0.25) is 0 Å². The molecule has 1 aromatic rings. The van der Waals surface area contributed by atoms with E-state index in [1.54, 1.807) is 0 Å². The predicted octanol–water partition coefficient (Wildman–Crippen LogP) is 2.50. The van der Waals surface area contributed by atoms with Crippen molar-refractivity contribution >= 4 is 5.69 Å². The number of hydrogen-bond donors (Lipinski definition) is 1. The monoisotopic (exact) mass is 268 g/mol. The number of benzene rings is 1. The zero-order valence-corrected chi connectivity index (χ0v) is 10.6. The molecule has 2 rings (SSSR count). The van der Waals surface area contributed by atoms with Gasteiger partial charge in [0.1, 0.15) is 5.82 Å². The average molecular weight is 268 g/mol. The SMILES string of the molecule is O=[N+]([O-])c1ccc(F)cc1OCCC1CCCNC1. The molecule has 0 bridgehead atoms. The second kappa shape index (κ2) is 6.47. The molecule has 104 valence electrons. The van der Waals surface area contributed by atoms with Crippen molar-refractivity contribution in [2.45, 2.75) is 19.3 Å². The fourth-order valence-electron chi connectivity index (χ4n) is 2.26. The first-order valence-corrected chi connectivity index (χ1v) is 6.44. The first kappa shape index (κ1) is 13.7. The fourth-order valence-corrected chi connectivity index (χ4v) is 2.26. The second-order valence-electron chi connectivity index (χ2n) is 4.72. The normalized spacial score (nSPS) is 19.1. The Labute approximate surface area is 110 Å². The van der Waals surface area contributed by atoms with Crippen molar-refractivity contribution in [3.8, 4) is 5.75 Å². The van der Waals surface area contributed by atoms with Crippen LogP contribution < -0.4 is 10.1 Å². The van der Waals surface area contributed by atoms with Crippen LogP contribution in [0.3, 0.4) is 0 Å². The van der Waals surface area contributed by atoms with E-state index >= 15 is 0 Å². The minimum atomic E-state index is -0.559. The Morgan fingerprint density at radius 1 is 1.53 bits per heavy atom. The number of nitrogens with zero attached hydrogens (tertiary/aromatic N) is 1. The highest BCUT2D eigenvalue weighted by Gasteiger charge is 2.17. The predicted molar refractivity (Wildman–Crippen MR) is 68.8 cm³/mol. The highest BCUT2D eigenvalue weighted by molar-refractivity contribution is 5.46. The average Bonchev–Trinajstić information content (AvgIpc) is 2.39. The third-order valence-corrected chi connectivity index (χ3v) is 3.30. The van der Waals surface area contributed by atoms with E-state index in [0.29, 0.717) is 12.5 Å². The van der Waals surface area contributed by atoms with Crippen LogP contribution in [0.15, 0.2) is 18.2 Å². The summed E-state index contributed by atoms with van der Waals surface area (Å²) >= 11 is 0. The lowest BCUT2D eigenvalue weighted by molar-refractivity contribution is -0.385. The lowest BCUT2D eigenvalue weighted by Crippen LogP contribution is -2.30. The summed E-state index contributed by atoms with van der Waals surface area (Å²) in [5.41, 5.74) is -0.192. The molecule has 1 heterocycles. The van der Waals surface area contributed by atoms with Crippen molar-refractivity contribution in [1.29, 1.82) is 0 Å². The highest BCUT2D eigenvalue weighted by Crippen LogP contribution is 2.28. The van der Waals surface area contributed by atoms with E-state index in [4.69, 9.17) is 4.74 Å². The molecule has 6 heteroatoms. The van der Waals surface area contributed by atoms with Crippen LogP contribution in [0, 0.1) is 21.8 Å². The minimum absolute atomic E-state index is 0.00812. The van der Waals surface area contributed by atoms with Crippen LogP contribution in [0.5, 0.6) is 5.75 Å². The number of piperidine rings is 1. The summed E-state index contributed by atoms with van der Waals surface area (Å²) < 4.78 is 18.5. The summed E-state index contributed by atoms with van der Waals surface area (Å²) in [6, 6.07) is 3.26. The molecule has 0 spiro atoms. The van der Waals surface area contributed by atoms with Crippen molar-refractivity contribution < 1.29 is 14.1 Å². The molecule has 1 fully saturated rings. The van der Waals surface area contributed by atoms with E-state index in [0.717, 1.165) is 50.6 Å². The molecule has 1 aliphatic rings. The quantitative estimate of drug-likeness (QED) is 0.658. The van der Waals surface area contributed by atoms with Crippen LogP contribution in [0.25, 0.3) is 0 Å². The van der Waals surface area contributed by atoms with Gasteiger partial charge in [0.25, 0.3) is 0 Å². The highest BCUT2D eigenvalue weighted by atomic mass is 19.1. The van der Waals surface area contributed by atoms with Crippen molar-refractivity contribution in [3.63, 3.8) is 0 Å². The number of nitro groups is 1. The molecule has 1 N–H and O–H groups in total. The number of nitrogens with one attached hydrogen (secondary N) is 1. The fraction of sp³-hybridized carbons (Fsp3) is 0.538. The number of nitro benzene ring substituents is 1. The van der Waals surface area contributed by atoms with E-state index in [9.17, 15) is 14.5 Å². The van der Waals surface area contributed by atoms with Gasteiger partial charge in [-0.3, -0.25) is 10.1 Å². The molecular formula is C13H17FN2O3. The lowest BCUT2D eigenvalue weighted by atomic mass is 9.97. The Morgan fingerprint density at radius 3 is 3.05 bits per heavy atom. The maximum Gasteiger partial charge on any atom is 0.311 e. The van der Waals surface area contributed by atoms with E-state index in [-0.39, 0.29) is 11.4 Å². The molecule has 1 atom stereocenters. The van der Waals surface area contributed by atoms with E-state index < -0.39 is 10.7 Å². The summed E-state index contributed by atoms with van der Waals surface area (Å²) in [5, 5.41) is 14.1. The van der Waals surface area contributed by atoms with Crippen LogP contribution >= 0.6 is 0 Å². The van der Waals surface area contributed by atoms with Crippen LogP contribution in [0.2, 0.25) is 0 Å². The van der Waals surface area contributed by atoms with Crippen molar-refractivity contribution in [2.24, 2.45) is 5.92 Å². The van der Waals surface area contributed by atoms with Crippen molar-refractivity contribution in [1.82, 2.24) is 5.32 Å². The third kappa shape index (κ3) is 3.89. The Hall–Kier alpha value is -1.69. The topological polar surface area (TPSA) is 64.4 Å². The number of hydrogen-bond acceptors (Lipinski definition) is 4. The Bertz CT molecular complexity index is 448. The maximum absolute atomic E-state index is 13.1. The smallest absolute Gasteiger partial charge is 0.311 e. The first-order chi connectivity index (χ1) is 9.16. The molecule has 1 aliphatic heterocycles. The molecule has 0 aromatic heterocycles. The van der Waals surface area contributed by atoms with Crippen LogP contribution in [-0.4, -0.2) is 24.6 Å². The number of halogens is 1. The van der Waals surface area contributed by atoms with Gasteiger partial charge in [0.15, 0.2) is 5.75 Å². The van der Waals surface area contributed by atoms with Gasteiger partial charge >= 0.3 is 5.69 Å². The van der Waals surface area contributed by atoms with Crippen LogP contribution in [-0.2, 0) is 0 Å². The molecule has 1 unspecified atom stereocenters. The van der Waals surface area contributed by atoms with Gasteiger partial charge in [-0.15, -0.1) is 0 Å². The molecule has 0 radical (unpaired) electrons. The zero-order valence-electron chi connectivity index (χ0n) is 10.6. The van der Waals surface area contributed by atoms with Gasteiger partial charge in [-0.1, -0.05) is 0 Å². The zero-order chi connectivity index (χ0) is 13.7. The summed E-state index contributed by atoms with van der Waals surface area (Å²) in [5.74, 6) is 0.00932. The Morgan fingerprint density at radius 2 is 2.37 bits per heavy atom. The lowest BCUT2D eigenvalue weighted by Gasteiger charge is -2.22. The molecule has 1 saturated heterocycles. The number of rotatable bonds is 5. The minimum Gasteiger partial charge on any atom is -0.487 e. The Balaban J connectivity index is 1.91. The van der Waals surface area contributed by atoms with E-state index in [2.05, 4.69) is 5.32 Å². The standard InChI is InChI=1S/C13H17FN2O3/c14-11-3-4-12(16(17)18)13(8-11)19-7-5-10-2-1-6-15-9-10/h3-4,8,10,15H,1-2,5-7,9H2. The number of ether oxygens (including phenoxy) is 1. The molecule has 19 heavy (non-hydrogen) atoms. The first-order valence-electron chi connectivity index (χ1n) is 6.44. The molecule has 1 aromatic carbocycles. The summed E-state index contributed by atoms with van der Waals surface area (Å²) in [4.78, 5) is 10.2. The molecule has 0 aliphatic carbocycles. The van der Waals surface area contributed by atoms with Crippen LogP contribution in [0.1, 0.15) is 19.3 Å². The van der Waals surface area contributed by atoms with Gasteiger partial charge in [-0.25, -0.2) is 4.39 Å². The maximum atomic E-state index is 13.1. The molecular weight excluding hydrogens is 251 g/mol. The van der Waals surface area contributed by atoms with Gasteiger partial charge in [0, 0.05) is 12.1 Å². The Kier molecular flexibility index (Phi) is 4.68.